The third-order valence-corrected chi connectivity index (χ3v) is 4.88. The quantitative estimate of drug-likeness (QED) is 0.666. The molecule has 0 unspecified atom stereocenters. The number of benzene rings is 2. The fraction of sp³-hybridized carbons (Fsp3) is 0.238. The summed E-state index contributed by atoms with van der Waals surface area (Å²) in [5.74, 6) is -0.725. The molecule has 1 N–H and O–H groups in total. The number of amides is 3. The Morgan fingerprint density at radius 2 is 1.78 bits per heavy atom. The largest absolute Gasteiger partial charge is 0.369 e. The van der Waals surface area contributed by atoms with Crippen LogP contribution >= 0.6 is 0 Å². The summed E-state index contributed by atoms with van der Waals surface area (Å²) < 4.78 is 14.5. The maximum Gasteiger partial charge on any atom is 0.329 e. The van der Waals surface area contributed by atoms with Crippen molar-refractivity contribution in [1.29, 1.82) is 0 Å². The minimum absolute atomic E-state index is 0.157. The van der Waals surface area contributed by atoms with E-state index in [1.54, 1.807) is 12.1 Å². The standard InChI is InChI=1S/C21H20FN3O2/c22-17-12-16(8-9-19(17)24-10-4-5-11-24)13-18-20(26)25(21(27)23-18)14-15-6-2-1-3-7-15/h1-3,6-9,12-13H,4-5,10-11,14H2,(H,23,27)/b18-13-. The van der Waals surface area contributed by atoms with Crippen LogP contribution < -0.4 is 10.2 Å². The highest BCUT2D eigenvalue weighted by Crippen LogP contribution is 2.25. The summed E-state index contributed by atoms with van der Waals surface area (Å²) in [6.45, 7) is 1.92. The topological polar surface area (TPSA) is 52.7 Å². The predicted molar refractivity (Wildman–Crippen MR) is 101 cm³/mol. The number of carbonyl (C=O) groups excluding carboxylic acids is 2. The van der Waals surface area contributed by atoms with E-state index >= 15 is 0 Å². The Morgan fingerprint density at radius 1 is 1.04 bits per heavy atom. The second-order valence-corrected chi connectivity index (χ2v) is 6.77. The Hall–Kier alpha value is -3.15. The molecule has 6 heteroatoms. The fourth-order valence-electron chi connectivity index (χ4n) is 3.48. The molecule has 0 aliphatic carbocycles. The molecular formula is C21H20FN3O2. The van der Waals surface area contributed by atoms with Crippen molar-refractivity contribution in [1.82, 2.24) is 10.2 Å². The van der Waals surface area contributed by atoms with Gasteiger partial charge in [-0.15, -0.1) is 0 Å². The second-order valence-electron chi connectivity index (χ2n) is 6.77. The van der Waals surface area contributed by atoms with Gasteiger partial charge in [0.2, 0.25) is 0 Å². The molecule has 0 saturated carbocycles. The van der Waals surface area contributed by atoms with E-state index in [-0.39, 0.29) is 18.1 Å². The number of hydrogen-bond acceptors (Lipinski definition) is 3. The van der Waals surface area contributed by atoms with E-state index in [4.69, 9.17) is 0 Å². The van der Waals surface area contributed by atoms with E-state index in [0.717, 1.165) is 36.4 Å². The van der Waals surface area contributed by atoms with Crippen LogP contribution in [0.4, 0.5) is 14.9 Å². The van der Waals surface area contributed by atoms with Crippen LogP contribution in [0.15, 0.2) is 54.2 Å². The summed E-state index contributed by atoms with van der Waals surface area (Å²) in [6, 6.07) is 13.7. The van der Waals surface area contributed by atoms with Crippen LogP contribution in [0.25, 0.3) is 6.08 Å². The Bertz CT molecular complexity index is 905. The first-order valence-electron chi connectivity index (χ1n) is 9.05. The predicted octanol–water partition coefficient (Wildman–Crippen LogP) is 3.52. The van der Waals surface area contributed by atoms with Gasteiger partial charge in [-0.3, -0.25) is 9.69 Å². The number of nitrogens with zero attached hydrogens (tertiary/aromatic N) is 2. The van der Waals surface area contributed by atoms with Gasteiger partial charge in [-0.25, -0.2) is 9.18 Å². The van der Waals surface area contributed by atoms with Crippen LogP contribution in [0.1, 0.15) is 24.0 Å². The summed E-state index contributed by atoms with van der Waals surface area (Å²) in [5, 5.41) is 2.58. The van der Waals surface area contributed by atoms with E-state index in [1.807, 2.05) is 35.2 Å². The first-order valence-corrected chi connectivity index (χ1v) is 9.05. The average molecular weight is 365 g/mol. The second kappa shape index (κ2) is 7.23. The molecular weight excluding hydrogens is 345 g/mol. The highest BCUT2D eigenvalue weighted by atomic mass is 19.1. The zero-order valence-corrected chi connectivity index (χ0v) is 14.8. The van der Waals surface area contributed by atoms with Crippen LogP contribution in [0.5, 0.6) is 0 Å². The van der Waals surface area contributed by atoms with Gasteiger partial charge in [0.25, 0.3) is 5.91 Å². The van der Waals surface area contributed by atoms with Crippen LogP contribution in [-0.4, -0.2) is 29.9 Å². The normalized spacial score (nSPS) is 18.5. The van der Waals surface area contributed by atoms with Crippen LogP contribution in [0, 0.1) is 5.82 Å². The molecule has 2 heterocycles. The number of imide groups is 1. The average Bonchev–Trinajstić information content (AvgIpc) is 3.28. The molecule has 5 nitrogen and oxygen atoms in total. The summed E-state index contributed by atoms with van der Waals surface area (Å²) in [6.07, 6.45) is 3.66. The van der Waals surface area contributed by atoms with E-state index < -0.39 is 11.9 Å². The van der Waals surface area contributed by atoms with Gasteiger partial charge in [0.1, 0.15) is 11.5 Å². The molecule has 2 aromatic carbocycles. The van der Waals surface area contributed by atoms with Crippen LogP contribution in [-0.2, 0) is 11.3 Å². The maximum absolute atomic E-state index is 14.5. The van der Waals surface area contributed by atoms with Crippen molar-refractivity contribution in [3.63, 3.8) is 0 Å². The molecule has 0 spiro atoms. The molecule has 0 atom stereocenters. The summed E-state index contributed by atoms with van der Waals surface area (Å²) in [5.41, 5.74) is 2.15. The molecule has 2 aliphatic heterocycles. The molecule has 2 aromatic rings. The van der Waals surface area contributed by atoms with E-state index in [9.17, 15) is 14.0 Å². The van der Waals surface area contributed by atoms with E-state index in [0.29, 0.717) is 11.3 Å². The van der Waals surface area contributed by atoms with Crippen LogP contribution in [0.3, 0.4) is 0 Å². The highest BCUT2D eigenvalue weighted by Gasteiger charge is 2.33. The van der Waals surface area contributed by atoms with Gasteiger partial charge in [-0.1, -0.05) is 36.4 Å². The molecule has 3 amide bonds. The first kappa shape index (κ1) is 17.3. The Labute approximate surface area is 157 Å². The molecule has 2 saturated heterocycles. The van der Waals surface area contributed by atoms with Gasteiger partial charge in [0.15, 0.2) is 0 Å². The van der Waals surface area contributed by atoms with Crippen LogP contribution in [0.2, 0.25) is 0 Å². The lowest BCUT2D eigenvalue weighted by Gasteiger charge is -2.18. The maximum atomic E-state index is 14.5. The molecule has 27 heavy (non-hydrogen) atoms. The number of halogens is 1. The van der Waals surface area contributed by atoms with Gasteiger partial charge in [-0.05, 0) is 42.2 Å². The molecule has 2 aliphatic rings. The van der Waals surface area contributed by atoms with E-state index in [2.05, 4.69) is 5.32 Å². The number of anilines is 1. The van der Waals surface area contributed by atoms with Crippen molar-refractivity contribution in [2.45, 2.75) is 19.4 Å². The number of nitrogens with one attached hydrogen (secondary N) is 1. The van der Waals surface area contributed by atoms with Gasteiger partial charge >= 0.3 is 6.03 Å². The Kier molecular flexibility index (Phi) is 4.62. The Morgan fingerprint density at radius 3 is 2.48 bits per heavy atom. The summed E-state index contributed by atoms with van der Waals surface area (Å²) in [4.78, 5) is 27.9. The summed E-state index contributed by atoms with van der Waals surface area (Å²) >= 11 is 0. The number of hydrogen-bond donors (Lipinski definition) is 1. The summed E-state index contributed by atoms with van der Waals surface area (Å²) in [7, 11) is 0. The molecule has 138 valence electrons. The number of carbonyl (C=O) groups is 2. The monoisotopic (exact) mass is 365 g/mol. The van der Waals surface area contributed by atoms with Crippen molar-refractivity contribution in [2.24, 2.45) is 0 Å². The van der Waals surface area contributed by atoms with Crippen molar-refractivity contribution in [3.8, 4) is 0 Å². The molecule has 0 bridgehead atoms. The number of rotatable bonds is 4. The zero-order valence-electron chi connectivity index (χ0n) is 14.8. The molecule has 2 fully saturated rings. The lowest BCUT2D eigenvalue weighted by molar-refractivity contribution is -0.123. The minimum Gasteiger partial charge on any atom is -0.369 e. The van der Waals surface area contributed by atoms with Gasteiger partial charge in [0.05, 0.1) is 12.2 Å². The van der Waals surface area contributed by atoms with E-state index in [1.165, 1.54) is 12.1 Å². The lowest BCUT2D eigenvalue weighted by Crippen LogP contribution is -2.30. The third kappa shape index (κ3) is 3.56. The van der Waals surface area contributed by atoms with Crippen molar-refractivity contribution < 1.29 is 14.0 Å². The van der Waals surface area contributed by atoms with Crippen molar-refractivity contribution in [2.75, 3.05) is 18.0 Å². The van der Waals surface area contributed by atoms with Gasteiger partial charge in [-0.2, -0.15) is 0 Å². The fourth-order valence-corrected chi connectivity index (χ4v) is 3.48. The van der Waals surface area contributed by atoms with Crippen molar-refractivity contribution >= 4 is 23.7 Å². The third-order valence-electron chi connectivity index (χ3n) is 4.88. The molecule has 4 rings (SSSR count). The Balaban J connectivity index is 1.53. The van der Waals surface area contributed by atoms with Gasteiger partial charge in [0, 0.05) is 13.1 Å². The lowest BCUT2D eigenvalue weighted by atomic mass is 10.1. The van der Waals surface area contributed by atoms with Crippen molar-refractivity contribution in [3.05, 3.63) is 71.2 Å². The molecule has 0 aromatic heterocycles. The SMILES string of the molecule is O=C1N/C(=C\c2ccc(N3CCCC3)c(F)c2)C(=O)N1Cc1ccccc1. The smallest absolute Gasteiger partial charge is 0.329 e. The number of urea groups is 1. The first-order chi connectivity index (χ1) is 13.1. The minimum atomic E-state index is -0.468. The highest BCUT2D eigenvalue weighted by molar-refractivity contribution is 6.13. The molecule has 0 radical (unpaired) electrons. The zero-order chi connectivity index (χ0) is 18.8. The van der Waals surface area contributed by atoms with Gasteiger partial charge < -0.3 is 10.2 Å².